The fourth-order valence-corrected chi connectivity index (χ4v) is 4.23. The average molecular weight is 307 g/mol. The molecule has 0 saturated heterocycles. The molecule has 0 saturated carbocycles. The molecule has 0 aliphatic carbocycles. The van der Waals surface area contributed by atoms with Crippen molar-refractivity contribution in [3.63, 3.8) is 0 Å². The van der Waals surface area contributed by atoms with Crippen LogP contribution in [-0.2, 0) is 5.41 Å². The maximum Gasteiger partial charge on any atom is 0.282 e. The SMILES string of the molecule is CCC1(C)c2cc(F)cc(F)c2C2=[N+](C)CCN2C(C)[C@H]1C. The Balaban J connectivity index is 2.39. The highest BCUT2D eigenvalue weighted by atomic mass is 19.1. The monoisotopic (exact) mass is 307 g/mol. The molecule has 2 aliphatic heterocycles. The molecule has 0 amide bonds. The summed E-state index contributed by atoms with van der Waals surface area (Å²) < 4.78 is 30.8. The number of amidine groups is 1. The molecule has 2 heterocycles. The molecule has 22 heavy (non-hydrogen) atoms. The summed E-state index contributed by atoms with van der Waals surface area (Å²) >= 11 is 0. The number of likely N-dealkylation sites (N-methyl/N-ethyl adjacent to an activating group) is 1. The van der Waals surface area contributed by atoms with Gasteiger partial charge < -0.3 is 0 Å². The lowest BCUT2D eigenvalue weighted by atomic mass is 9.67. The van der Waals surface area contributed by atoms with Gasteiger partial charge in [0.05, 0.1) is 13.1 Å². The molecule has 3 rings (SSSR count). The molecule has 2 aliphatic rings. The summed E-state index contributed by atoms with van der Waals surface area (Å²) in [6, 6.07) is 2.86. The number of benzene rings is 1. The van der Waals surface area contributed by atoms with Crippen LogP contribution in [0.2, 0.25) is 0 Å². The fraction of sp³-hybridized carbons (Fsp3) is 0.611. The van der Waals surface area contributed by atoms with Crippen LogP contribution in [-0.4, -0.2) is 41.5 Å². The lowest BCUT2D eigenvalue weighted by molar-refractivity contribution is -0.486. The normalized spacial score (nSPS) is 31.1. The van der Waals surface area contributed by atoms with E-state index in [0.717, 1.165) is 37.0 Å². The molecule has 0 spiro atoms. The van der Waals surface area contributed by atoms with Gasteiger partial charge in [-0.15, -0.1) is 0 Å². The molecule has 0 N–H and O–H groups in total. The minimum Gasteiger partial charge on any atom is -0.260 e. The first-order valence-corrected chi connectivity index (χ1v) is 8.16. The van der Waals surface area contributed by atoms with E-state index in [1.807, 2.05) is 7.05 Å². The number of fused-ring (bicyclic) bond motifs is 3. The van der Waals surface area contributed by atoms with Gasteiger partial charge in [-0.3, -0.25) is 9.48 Å². The second kappa shape index (κ2) is 5.04. The van der Waals surface area contributed by atoms with Gasteiger partial charge in [-0.2, -0.15) is 0 Å². The first-order chi connectivity index (χ1) is 10.3. The summed E-state index contributed by atoms with van der Waals surface area (Å²) in [6.07, 6.45) is 0.860. The van der Waals surface area contributed by atoms with Gasteiger partial charge >= 0.3 is 0 Å². The third-order valence-electron chi connectivity index (χ3n) is 6.16. The molecule has 1 aromatic carbocycles. The van der Waals surface area contributed by atoms with Crippen molar-refractivity contribution in [2.45, 2.75) is 45.6 Å². The minimum atomic E-state index is -0.481. The van der Waals surface area contributed by atoms with E-state index >= 15 is 0 Å². The first-order valence-electron chi connectivity index (χ1n) is 8.16. The Hall–Kier alpha value is -1.45. The summed E-state index contributed by atoms with van der Waals surface area (Å²) in [4.78, 5) is 2.30. The number of hydrogen-bond acceptors (Lipinski definition) is 1. The van der Waals surface area contributed by atoms with Gasteiger partial charge in [0, 0.05) is 12.0 Å². The van der Waals surface area contributed by atoms with Crippen molar-refractivity contribution in [1.82, 2.24) is 4.90 Å². The Morgan fingerprint density at radius 3 is 2.64 bits per heavy atom. The van der Waals surface area contributed by atoms with Gasteiger partial charge in [-0.05, 0) is 30.4 Å². The van der Waals surface area contributed by atoms with Crippen LogP contribution < -0.4 is 0 Å². The standard InChI is InChI=1S/C18H25F2N2/c1-6-18(4)11(2)12(3)22-8-7-21(5)17(22)16-14(18)9-13(19)10-15(16)20/h9-12H,6-8H2,1-5H3/q+1/t11-,12?,18?/m1/s1. The van der Waals surface area contributed by atoms with Crippen LogP contribution in [0.25, 0.3) is 0 Å². The van der Waals surface area contributed by atoms with Crippen LogP contribution in [0, 0.1) is 17.6 Å². The predicted octanol–water partition coefficient (Wildman–Crippen LogP) is 3.38. The molecule has 0 radical (unpaired) electrons. The summed E-state index contributed by atoms with van der Waals surface area (Å²) in [5.74, 6) is 0.306. The smallest absolute Gasteiger partial charge is 0.260 e. The van der Waals surface area contributed by atoms with Crippen molar-refractivity contribution in [3.8, 4) is 0 Å². The molecule has 0 bridgehead atoms. The zero-order valence-electron chi connectivity index (χ0n) is 14.1. The second-order valence-electron chi connectivity index (χ2n) is 7.05. The van der Waals surface area contributed by atoms with E-state index in [9.17, 15) is 8.78 Å². The van der Waals surface area contributed by atoms with Crippen molar-refractivity contribution < 1.29 is 13.4 Å². The van der Waals surface area contributed by atoms with Crippen LogP contribution >= 0.6 is 0 Å². The summed E-state index contributed by atoms with van der Waals surface area (Å²) in [6.45, 7) is 10.5. The highest BCUT2D eigenvalue weighted by Crippen LogP contribution is 2.44. The Morgan fingerprint density at radius 2 is 2.00 bits per heavy atom. The molecule has 2 nitrogen and oxygen atoms in total. The van der Waals surface area contributed by atoms with Gasteiger partial charge in [0.1, 0.15) is 30.3 Å². The molecular formula is C18H25F2N2+. The number of nitrogens with zero attached hydrogens (tertiary/aromatic N) is 2. The molecule has 120 valence electrons. The summed E-state index contributed by atoms with van der Waals surface area (Å²) in [5.41, 5.74) is 1.18. The van der Waals surface area contributed by atoms with Crippen LogP contribution in [0.3, 0.4) is 0 Å². The number of rotatable bonds is 1. The Bertz CT molecular complexity index is 653. The maximum absolute atomic E-state index is 14.7. The van der Waals surface area contributed by atoms with Crippen molar-refractivity contribution in [2.75, 3.05) is 20.1 Å². The predicted molar refractivity (Wildman–Crippen MR) is 84.5 cm³/mol. The lowest BCUT2D eigenvalue weighted by Gasteiger charge is -2.37. The van der Waals surface area contributed by atoms with E-state index in [4.69, 9.17) is 0 Å². The van der Waals surface area contributed by atoms with E-state index in [0.29, 0.717) is 17.5 Å². The van der Waals surface area contributed by atoms with Gasteiger partial charge in [0.25, 0.3) is 5.84 Å². The highest BCUT2D eigenvalue weighted by Gasteiger charge is 2.50. The van der Waals surface area contributed by atoms with Gasteiger partial charge in [0.2, 0.25) is 0 Å². The number of halogens is 2. The van der Waals surface area contributed by atoms with Crippen molar-refractivity contribution >= 4 is 5.84 Å². The van der Waals surface area contributed by atoms with Crippen LogP contribution in [0.1, 0.15) is 45.2 Å². The van der Waals surface area contributed by atoms with Crippen LogP contribution in [0.5, 0.6) is 0 Å². The van der Waals surface area contributed by atoms with Crippen LogP contribution in [0.4, 0.5) is 8.78 Å². The molecule has 4 heteroatoms. The van der Waals surface area contributed by atoms with Crippen molar-refractivity contribution in [2.24, 2.45) is 5.92 Å². The van der Waals surface area contributed by atoms with E-state index < -0.39 is 11.6 Å². The summed E-state index contributed by atoms with van der Waals surface area (Å²) in [5, 5.41) is 0. The molecule has 2 unspecified atom stereocenters. The lowest BCUT2D eigenvalue weighted by Crippen LogP contribution is -2.44. The molecule has 0 aromatic heterocycles. The number of hydrogen-bond donors (Lipinski definition) is 0. The van der Waals surface area contributed by atoms with Gasteiger partial charge in [-0.25, -0.2) is 8.78 Å². The zero-order valence-corrected chi connectivity index (χ0v) is 14.1. The third-order valence-corrected chi connectivity index (χ3v) is 6.16. The Labute approximate surface area is 131 Å². The van der Waals surface area contributed by atoms with Gasteiger partial charge in [0.15, 0.2) is 0 Å². The highest BCUT2D eigenvalue weighted by molar-refractivity contribution is 5.98. The largest absolute Gasteiger partial charge is 0.282 e. The van der Waals surface area contributed by atoms with Crippen LogP contribution in [0.15, 0.2) is 12.1 Å². The second-order valence-corrected chi connectivity index (χ2v) is 7.05. The topological polar surface area (TPSA) is 6.25 Å². The van der Waals surface area contributed by atoms with Gasteiger partial charge in [-0.1, -0.05) is 20.8 Å². The first kappa shape index (κ1) is 15.4. The fourth-order valence-electron chi connectivity index (χ4n) is 4.23. The summed E-state index contributed by atoms with van der Waals surface area (Å²) in [7, 11) is 1.99. The molecular weight excluding hydrogens is 282 g/mol. The maximum atomic E-state index is 14.7. The quantitative estimate of drug-likeness (QED) is 0.721. The van der Waals surface area contributed by atoms with E-state index in [2.05, 4.69) is 37.2 Å². The minimum absolute atomic E-state index is 0.240. The van der Waals surface area contributed by atoms with Crippen molar-refractivity contribution in [3.05, 3.63) is 34.9 Å². The Kier molecular flexibility index (Phi) is 3.54. The molecule has 0 fully saturated rings. The molecule has 1 aromatic rings. The van der Waals surface area contributed by atoms with E-state index in [-0.39, 0.29) is 5.41 Å². The Morgan fingerprint density at radius 1 is 1.32 bits per heavy atom. The van der Waals surface area contributed by atoms with E-state index in [1.54, 1.807) is 6.07 Å². The average Bonchev–Trinajstić information content (AvgIpc) is 2.82. The van der Waals surface area contributed by atoms with Crippen molar-refractivity contribution in [1.29, 1.82) is 0 Å². The molecule has 3 atom stereocenters. The third kappa shape index (κ3) is 1.92. The van der Waals surface area contributed by atoms with E-state index in [1.165, 1.54) is 0 Å². The zero-order chi connectivity index (χ0) is 16.2.